The van der Waals surface area contributed by atoms with E-state index in [1.54, 1.807) is 6.07 Å². The quantitative estimate of drug-likeness (QED) is 0.624. The molecular weight excluding hydrogens is 210 g/mol. The largest absolute Gasteiger partial charge is 0.502 e. The molecule has 2 rings (SSSR count). The molecular formula is C11H11NO4. The van der Waals surface area contributed by atoms with Crippen LogP contribution in [0.2, 0.25) is 0 Å². The molecule has 1 saturated carbocycles. The zero-order valence-electron chi connectivity index (χ0n) is 8.77. The average molecular weight is 221 g/mol. The van der Waals surface area contributed by atoms with Gasteiger partial charge in [0.1, 0.15) is 5.78 Å². The van der Waals surface area contributed by atoms with Crippen LogP contribution in [0.3, 0.4) is 0 Å². The second-order valence-corrected chi connectivity index (χ2v) is 4.10. The number of nitro groups is 1. The van der Waals surface area contributed by atoms with Gasteiger partial charge in [0, 0.05) is 6.07 Å². The van der Waals surface area contributed by atoms with Gasteiger partial charge >= 0.3 is 5.69 Å². The molecule has 1 aliphatic carbocycles. The van der Waals surface area contributed by atoms with Crippen LogP contribution in [-0.4, -0.2) is 15.8 Å². The highest BCUT2D eigenvalue weighted by Crippen LogP contribution is 2.50. The number of phenols is 1. The minimum Gasteiger partial charge on any atom is -0.502 e. The third-order valence-electron chi connectivity index (χ3n) is 3.15. The van der Waals surface area contributed by atoms with E-state index >= 15 is 0 Å². The molecule has 84 valence electrons. The fourth-order valence-electron chi connectivity index (χ4n) is 1.94. The molecule has 1 N–H and O–H groups in total. The minimum atomic E-state index is -0.644. The van der Waals surface area contributed by atoms with Gasteiger partial charge in [-0.15, -0.1) is 0 Å². The summed E-state index contributed by atoms with van der Waals surface area (Å²) in [5.74, 6) is -0.347. The zero-order chi connectivity index (χ0) is 11.9. The summed E-state index contributed by atoms with van der Waals surface area (Å²) in [4.78, 5) is 21.5. The first-order valence-electron chi connectivity index (χ1n) is 4.96. The van der Waals surface area contributed by atoms with E-state index in [1.165, 1.54) is 19.1 Å². The van der Waals surface area contributed by atoms with E-state index in [2.05, 4.69) is 0 Å². The van der Waals surface area contributed by atoms with Crippen molar-refractivity contribution in [3.63, 3.8) is 0 Å². The Hall–Kier alpha value is -1.91. The van der Waals surface area contributed by atoms with Gasteiger partial charge in [-0.25, -0.2) is 0 Å². The number of nitro benzene ring substituents is 1. The number of carbonyl (C=O) groups is 1. The van der Waals surface area contributed by atoms with Crippen LogP contribution in [0, 0.1) is 10.1 Å². The van der Waals surface area contributed by atoms with Gasteiger partial charge in [-0.3, -0.25) is 14.9 Å². The van der Waals surface area contributed by atoms with Crippen molar-refractivity contribution < 1.29 is 14.8 Å². The first-order chi connectivity index (χ1) is 7.47. The van der Waals surface area contributed by atoms with Crippen LogP contribution in [0.15, 0.2) is 18.2 Å². The zero-order valence-corrected chi connectivity index (χ0v) is 8.77. The van der Waals surface area contributed by atoms with Crippen LogP contribution in [-0.2, 0) is 10.2 Å². The predicted molar refractivity (Wildman–Crippen MR) is 56.4 cm³/mol. The summed E-state index contributed by atoms with van der Waals surface area (Å²) in [7, 11) is 0. The van der Waals surface area contributed by atoms with Crippen LogP contribution < -0.4 is 0 Å². The standard InChI is InChI=1S/C11H11NO4/c1-7(13)11(4-5-11)8-2-3-10(14)9(6-8)12(15)16/h2-3,6,14H,4-5H2,1H3. The lowest BCUT2D eigenvalue weighted by atomic mass is 9.92. The molecule has 1 aliphatic rings. The van der Waals surface area contributed by atoms with Crippen LogP contribution in [0.25, 0.3) is 0 Å². The predicted octanol–water partition coefficient (Wildman–Crippen LogP) is 1.92. The first-order valence-corrected chi connectivity index (χ1v) is 4.96. The molecule has 0 amide bonds. The average Bonchev–Trinajstić information content (AvgIpc) is 2.98. The Morgan fingerprint density at radius 1 is 1.50 bits per heavy atom. The molecule has 0 radical (unpaired) electrons. The second kappa shape index (κ2) is 3.30. The topological polar surface area (TPSA) is 80.4 Å². The fraction of sp³-hybridized carbons (Fsp3) is 0.364. The minimum absolute atomic E-state index is 0.0208. The molecule has 1 aromatic rings. The Morgan fingerprint density at radius 2 is 2.12 bits per heavy atom. The molecule has 0 saturated heterocycles. The first kappa shape index (κ1) is 10.6. The van der Waals surface area contributed by atoms with Crippen LogP contribution in [0.4, 0.5) is 5.69 Å². The summed E-state index contributed by atoms with van der Waals surface area (Å²) < 4.78 is 0. The third kappa shape index (κ3) is 1.44. The van der Waals surface area contributed by atoms with E-state index in [0.717, 1.165) is 12.8 Å². The maximum absolute atomic E-state index is 11.5. The van der Waals surface area contributed by atoms with Crippen molar-refractivity contribution in [1.29, 1.82) is 0 Å². The van der Waals surface area contributed by atoms with Gasteiger partial charge < -0.3 is 5.11 Å². The monoisotopic (exact) mass is 221 g/mol. The summed E-state index contributed by atoms with van der Waals surface area (Å²) in [5, 5.41) is 20.0. The second-order valence-electron chi connectivity index (χ2n) is 4.10. The van der Waals surface area contributed by atoms with Crippen molar-refractivity contribution in [2.45, 2.75) is 25.2 Å². The lowest BCUT2D eigenvalue weighted by molar-refractivity contribution is -0.385. The Balaban J connectivity index is 2.48. The highest BCUT2D eigenvalue weighted by atomic mass is 16.6. The van der Waals surface area contributed by atoms with Crippen molar-refractivity contribution >= 4 is 11.5 Å². The molecule has 5 nitrogen and oxygen atoms in total. The summed E-state index contributed by atoms with van der Waals surface area (Å²) in [6.45, 7) is 1.49. The summed E-state index contributed by atoms with van der Waals surface area (Å²) in [6.07, 6.45) is 1.45. The van der Waals surface area contributed by atoms with E-state index in [0.29, 0.717) is 5.56 Å². The molecule has 1 fully saturated rings. The van der Waals surface area contributed by atoms with Crippen molar-refractivity contribution in [3.05, 3.63) is 33.9 Å². The van der Waals surface area contributed by atoms with Crippen molar-refractivity contribution in [2.24, 2.45) is 0 Å². The molecule has 0 spiro atoms. The Bertz CT molecular complexity index is 477. The Morgan fingerprint density at radius 3 is 2.56 bits per heavy atom. The number of rotatable bonds is 3. The molecule has 0 atom stereocenters. The molecule has 0 unspecified atom stereocenters. The number of hydrogen-bond donors (Lipinski definition) is 1. The van der Waals surface area contributed by atoms with E-state index in [4.69, 9.17) is 0 Å². The lowest BCUT2D eigenvalue weighted by Crippen LogP contribution is -2.16. The summed E-state index contributed by atoms with van der Waals surface area (Å²) in [5.41, 5.74) is -0.257. The molecule has 5 heteroatoms. The van der Waals surface area contributed by atoms with Crippen molar-refractivity contribution in [2.75, 3.05) is 0 Å². The molecule has 0 heterocycles. The maximum atomic E-state index is 11.5. The van der Waals surface area contributed by atoms with E-state index in [9.17, 15) is 20.0 Å². The van der Waals surface area contributed by atoms with Gasteiger partial charge in [-0.1, -0.05) is 6.07 Å². The number of ketones is 1. The van der Waals surface area contributed by atoms with Crippen LogP contribution in [0.5, 0.6) is 5.75 Å². The van der Waals surface area contributed by atoms with Gasteiger partial charge in [-0.05, 0) is 31.4 Å². The third-order valence-corrected chi connectivity index (χ3v) is 3.15. The fourth-order valence-corrected chi connectivity index (χ4v) is 1.94. The van der Waals surface area contributed by atoms with Crippen molar-refractivity contribution in [3.8, 4) is 5.75 Å². The van der Waals surface area contributed by atoms with Gasteiger partial charge in [-0.2, -0.15) is 0 Å². The molecule has 0 bridgehead atoms. The normalized spacial score (nSPS) is 16.8. The highest BCUT2D eigenvalue weighted by molar-refractivity contribution is 5.91. The van der Waals surface area contributed by atoms with Crippen molar-refractivity contribution in [1.82, 2.24) is 0 Å². The number of carbonyl (C=O) groups excluding carboxylic acids is 1. The number of benzene rings is 1. The Labute approximate surface area is 91.9 Å². The summed E-state index contributed by atoms with van der Waals surface area (Å²) in [6, 6.07) is 4.15. The molecule has 16 heavy (non-hydrogen) atoms. The van der Waals surface area contributed by atoms with E-state index < -0.39 is 10.3 Å². The number of phenolic OH excluding ortho intramolecular Hbond substituents is 1. The molecule has 0 aliphatic heterocycles. The maximum Gasteiger partial charge on any atom is 0.311 e. The summed E-state index contributed by atoms with van der Waals surface area (Å²) >= 11 is 0. The molecule has 1 aromatic carbocycles. The SMILES string of the molecule is CC(=O)C1(c2ccc(O)c([N+](=O)[O-])c2)CC1. The van der Waals surface area contributed by atoms with Crippen LogP contribution >= 0.6 is 0 Å². The number of hydrogen-bond acceptors (Lipinski definition) is 4. The van der Waals surface area contributed by atoms with Gasteiger partial charge in [0.25, 0.3) is 0 Å². The van der Waals surface area contributed by atoms with Gasteiger partial charge in [0.15, 0.2) is 5.75 Å². The number of aromatic hydroxyl groups is 1. The number of Topliss-reactive ketones (excluding diaryl/α,β-unsaturated/α-hetero) is 1. The van der Waals surface area contributed by atoms with E-state index in [1.807, 2.05) is 0 Å². The van der Waals surface area contributed by atoms with Crippen LogP contribution in [0.1, 0.15) is 25.3 Å². The molecule has 0 aromatic heterocycles. The van der Waals surface area contributed by atoms with E-state index in [-0.39, 0.29) is 17.2 Å². The lowest BCUT2D eigenvalue weighted by Gasteiger charge is -2.11. The number of nitrogens with zero attached hydrogens (tertiary/aromatic N) is 1. The smallest absolute Gasteiger partial charge is 0.311 e. The van der Waals surface area contributed by atoms with Gasteiger partial charge in [0.05, 0.1) is 10.3 Å². The van der Waals surface area contributed by atoms with Gasteiger partial charge in [0.2, 0.25) is 0 Å². The Kier molecular flexibility index (Phi) is 2.18. The highest BCUT2D eigenvalue weighted by Gasteiger charge is 2.49.